The SMILES string of the molecule is O=C(OCc1ccccc1)N1CC2O[C@H]2[C@@H](O)C1. The molecule has 2 saturated heterocycles. The summed E-state index contributed by atoms with van der Waals surface area (Å²) in [6.45, 7) is 1.05. The molecular formula is C13H15NO4. The maximum atomic E-state index is 11.8. The van der Waals surface area contributed by atoms with E-state index in [1.165, 1.54) is 4.90 Å². The lowest BCUT2D eigenvalue weighted by Crippen LogP contribution is -2.46. The minimum Gasteiger partial charge on any atom is -0.445 e. The molecule has 1 amide bonds. The predicted molar refractivity (Wildman–Crippen MR) is 62.9 cm³/mol. The van der Waals surface area contributed by atoms with Gasteiger partial charge in [0.25, 0.3) is 0 Å². The summed E-state index contributed by atoms with van der Waals surface area (Å²) in [6, 6.07) is 9.51. The number of β-amino-alcohol motifs (C(OH)–C–C–N with tert-alkyl or cyclic N) is 1. The molecule has 1 unspecified atom stereocenters. The summed E-state index contributed by atoms with van der Waals surface area (Å²) in [5.41, 5.74) is 0.948. The van der Waals surface area contributed by atoms with Crippen LogP contribution in [-0.2, 0) is 16.1 Å². The molecule has 0 saturated carbocycles. The van der Waals surface area contributed by atoms with Crippen LogP contribution >= 0.6 is 0 Å². The maximum Gasteiger partial charge on any atom is 0.410 e. The molecule has 96 valence electrons. The number of aliphatic hydroxyl groups excluding tert-OH is 1. The third-order valence-electron chi connectivity index (χ3n) is 3.27. The molecule has 0 aromatic heterocycles. The van der Waals surface area contributed by atoms with E-state index < -0.39 is 12.2 Å². The van der Waals surface area contributed by atoms with E-state index in [0.29, 0.717) is 6.54 Å². The van der Waals surface area contributed by atoms with Crippen LogP contribution in [0.5, 0.6) is 0 Å². The van der Waals surface area contributed by atoms with Crippen LogP contribution in [0.2, 0.25) is 0 Å². The summed E-state index contributed by atoms with van der Waals surface area (Å²) in [4.78, 5) is 13.3. The average Bonchev–Trinajstić information content (AvgIpc) is 3.17. The number of carbonyl (C=O) groups is 1. The van der Waals surface area contributed by atoms with Gasteiger partial charge in [-0.2, -0.15) is 0 Å². The van der Waals surface area contributed by atoms with Crippen LogP contribution in [0.15, 0.2) is 30.3 Å². The molecule has 2 aliphatic rings. The lowest BCUT2D eigenvalue weighted by atomic mass is 10.1. The number of hydrogen-bond acceptors (Lipinski definition) is 4. The fourth-order valence-electron chi connectivity index (χ4n) is 2.22. The quantitative estimate of drug-likeness (QED) is 0.786. The van der Waals surface area contributed by atoms with Gasteiger partial charge in [0, 0.05) is 0 Å². The van der Waals surface area contributed by atoms with E-state index in [9.17, 15) is 9.90 Å². The van der Waals surface area contributed by atoms with Crippen LogP contribution in [0.25, 0.3) is 0 Å². The fraction of sp³-hybridized carbons (Fsp3) is 0.462. The van der Waals surface area contributed by atoms with Gasteiger partial charge in [-0.15, -0.1) is 0 Å². The monoisotopic (exact) mass is 249 g/mol. The molecule has 0 radical (unpaired) electrons. The van der Waals surface area contributed by atoms with Gasteiger partial charge >= 0.3 is 6.09 Å². The van der Waals surface area contributed by atoms with Gasteiger partial charge in [0.2, 0.25) is 0 Å². The Morgan fingerprint density at radius 3 is 2.89 bits per heavy atom. The highest BCUT2D eigenvalue weighted by Crippen LogP contribution is 2.31. The first kappa shape index (κ1) is 11.5. The van der Waals surface area contributed by atoms with Gasteiger partial charge in [-0.05, 0) is 5.56 Å². The first-order chi connectivity index (χ1) is 8.74. The summed E-state index contributed by atoms with van der Waals surface area (Å²) >= 11 is 0. The lowest BCUT2D eigenvalue weighted by Gasteiger charge is -2.26. The molecule has 18 heavy (non-hydrogen) atoms. The predicted octanol–water partition coefficient (Wildman–Crippen LogP) is 0.767. The Morgan fingerprint density at radius 2 is 2.17 bits per heavy atom. The minimum absolute atomic E-state index is 0.0157. The summed E-state index contributed by atoms with van der Waals surface area (Å²) in [5, 5.41) is 9.65. The van der Waals surface area contributed by atoms with Crippen LogP contribution in [0, 0.1) is 0 Å². The molecule has 3 atom stereocenters. The molecule has 2 aliphatic heterocycles. The van der Waals surface area contributed by atoms with Crippen molar-refractivity contribution in [1.29, 1.82) is 0 Å². The highest BCUT2D eigenvalue weighted by atomic mass is 16.6. The van der Waals surface area contributed by atoms with Crippen molar-refractivity contribution in [2.24, 2.45) is 0 Å². The summed E-state index contributed by atoms with van der Waals surface area (Å²) in [7, 11) is 0. The van der Waals surface area contributed by atoms with Gasteiger partial charge in [0.1, 0.15) is 24.9 Å². The molecule has 1 aromatic rings. The van der Waals surface area contributed by atoms with Gasteiger partial charge in [0.15, 0.2) is 0 Å². The second-order valence-electron chi connectivity index (χ2n) is 4.65. The number of epoxide rings is 1. The van der Waals surface area contributed by atoms with Crippen LogP contribution in [0.3, 0.4) is 0 Å². The highest BCUT2D eigenvalue weighted by molar-refractivity contribution is 5.68. The zero-order valence-electron chi connectivity index (χ0n) is 9.86. The molecule has 0 aliphatic carbocycles. The Kier molecular flexibility index (Phi) is 2.93. The second-order valence-corrected chi connectivity index (χ2v) is 4.65. The maximum absolute atomic E-state index is 11.8. The molecule has 1 aromatic carbocycles. The van der Waals surface area contributed by atoms with Gasteiger partial charge in [-0.25, -0.2) is 4.79 Å². The standard InChI is InChI=1S/C13H15NO4/c15-10-6-14(7-11-12(10)18-11)13(16)17-8-9-4-2-1-3-5-9/h1-5,10-12,15H,6-8H2/t10-,11?,12-/m0/s1. The Hall–Kier alpha value is -1.59. The van der Waals surface area contributed by atoms with E-state index in [1.807, 2.05) is 30.3 Å². The van der Waals surface area contributed by atoms with E-state index in [4.69, 9.17) is 9.47 Å². The van der Waals surface area contributed by atoms with Crippen LogP contribution < -0.4 is 0 Å². The van der Waals surface area contributed by atoms with Crippen LogP contribution in [-0.4, -0.2) is 47.5 Å². The zero-order chi connectivity index (χ0) is 12.5. The first-order valence-electron chi connectivity index (χ1n) is 6.03. The molecule has 2 fully saturated rings. The molecule has 5 nitrogen and oxygen atoms in total. The number of ether oxygens (including phenoxy) is 2. The number of benzene rings is 1. The molecule has 1 N–H and O–H groups in total. The zero-order valence-corrected chi connectivity index (χ0v) is 9.86. The number of aliphatic hydroxyl groups is 1. The second kappa shape index (κ2) is 4.59. The van der Waals surface area contributed by atoms with E-state index in [1.54, 1.807) is 0 Å². The van der Waals surface area contributed by atoms with E-state index in [-0.39, 0.29) is 25.4 Å². The average molecular weight is 249 g/mol. The Morgan fingerprint density at radius 1 is 1.39 bits per heavy atom. The van der Waals surface area contributed by atoms with Crippen molar-refractivity contribution in [1.82, 2.24) is 4.90 Å². The number of carbonyl (C=O) groups excluding carboxylic acids is 1. The smallest absolute Gasteiger partial charge is 0.410 e. The highest BCUT2D eigenvalue weighted by Gasteiger charge is 2.50. The van der Waals surface area contributed by atoms with Crippen LogP contribution in [0.1, 0.15) is 5.56 Å². The normalized spacial score (nSPS) is 29.6. The Labute approximate surface area is 105 Å². The number of piperidine rings is 1. The Balaban J connectivity index is 1.52. The van der Waals surface area contributed by atoms with Crippen molar-refractivity contribution in [2.45, 2.75) is 24.9 Å². The van der Waals surface area contributed by atoms with Crippen molar-refractivity contribution in [3.05, 3.63) is 35.9 Å². The van der Waals surface area contributed by atoms with Crippen molar-refractivity contribution in [3.8, 4) is 0 Å². The molecule has 3 rings (SSSR count). The Bertz CT molecular complexity index is 436. The van der Waals surface area contributed by atoms with E-state index >= 15 is 0 Å². The van der Waals surface area contributed by atoms with Gasteiger partial charge in [0.05, 0.1) is 13.1 Å². The summed E-state index contributed by atoms with van der Waals surface area (Å²) in [6.07, 6.45) is -1.08. The fourth-order valence-corrected chi connectivity index (χ4v) is 2.22. The number of fused-ring (bicyclic) bond motifs is 1. The minimum atomic E-state index is -0.590. The molecule has 0 bridgehead atoms. The number of nitrogens with zero attached hydrogens (tertiary/aromatic N) is 1. The van der Waals surface area contributed by atoms with Crippen molar-refractivity contribution < 1.29 is 19.4 Å². The van der Waals surface area contributed by atoms with Gasteiger partial charge in [-0.1, -0.05) is 30.3 Å². The molecule has 0 spiro atoms. The summed E-state index contributed by atoms with van der Waals surface area (Å²) < 4.78 is 10.4. The first-order valence-corrected chi connectivity index (χ1v) is 6.03. The van der Waals surface area contributed by atoms with Gasteiger partial charge in [-0.3, -0.25) is 0 Å². The van der Waals surface area contributed by atoms with Crippen molar-refractivity contribution in [2.75, 3.05) is 13.1 Å². The molecule has 2 heterocycles. The number of amides is 1. The summed E-state index contributed by atoms with van der Waals surface area (Å²) in [5.74, 6) is 0. The molecule has 5 heteroatoms. The lowest BCUT2D eigenvalue weighted by molar-refractivity contribution is 0.0553. The largest absolute Gasteiger partial charge is 0.445 e. The van der Waals surface area contributed by atoms with E-state index in [2.05, 4.69) is 0 Å². The number of rotatable bonds is 2. The third-order valence-corrected chi connectivity index (χ3v) is 3.27. The van der Waals surface area contributed by atoms with Crippen molar-refractivity contribution in [3.63, 3.8) is 0 Å². The van der Waals surface area contributed by atoms with Crippen LogP contribution in [0.4, 0.5) is 4.79 Å². The number of likely N-dealkylation sites (tertiary alicyclic amines) is 1. The van der Waals surface area contributed by atoms with Gasteiger partial charge < -0.3 is 19.5 Å². The van der Waals surface area contributed by atoms with Crippen molar-refractivity contribution >= 4 is 6.09 Å². The number of hydrogen-bond donors (Lipinski definition) is 1. The van der Waals surface area contributed by atoms with E-state index in [0.717, 1.165) is 5.56 Å². The third kappa shape index (κ3) is 2.32. The molecular weight excluding hydrogens is 234 g/mol. The topological polar surface area (TPSA) is 62.3 Å².